The molecule has 0 radical (unpaired) electrons. The molecular weight excluding hydrogens is 452 g/mol. The molecule has 7 nitrogen and oxygen atoms in total. The molecule has 0 spiro atoms. The number of nitrogens with zero attached hydrogens (tertiary/aromatic N) is 1. The molecule has 180 valence electrons. The van der Waals surface area contributed by atoms with Gasteiger partial charge in [0.25, 0.3) is 10.0 Å². The Hall–Kier alpha value is -3.52. The van der Waals surface area contributed by atoms with Crippen LogP contribution in [0.15, 0.2) is 77.7 Å². The lowest BCUT2D eigenvalue weighted by atomic mass is 10.1. The predicted molar refractivity (Wildman–Crippen MR) is 133 cm³/mol. The van der Waals surface area contributed by atoms with Gasteiger partial charge in [0, 0.05) is 0 Å². The Kier molecular flexibility index (Phi) is 8.54. The van der Waals surface area contributed by atoms with Crippen LogP contribution in [0, 0.1) is 13.8 Å². The van der Waals surface area contributed by atoms with E-state index in [2.05, 4.69) is 5.32 Å². The van der Waals surface area contributed by atoms with E-state index in [-0.39, 0.29) is 24.6 Å². The van der Waals surface area contributed by atoms with Gasteiger partial charge in [0.2, 0.25) is 5.91 Å². The first kappa shape index (κ1) is 25.1. The summed E-state index contributed by atoms with van der Waals surface area (Å²) >= 11 is 0. The highest BCUT2D eigenvalue weighted by molar-refractivity contribution is 7.92. The van der Waals surface area contributed by atoms with Crippen LogP contribution in [0.3, 0.4) is 0 Å². The zero-order valence-corrected chi connectivity index (χ0v) is 20.5. The van der Waals surface area contributed by atoms with E-state index in [0.717, 1.165) is 15.6 Å². The van der Waals surface area contributed by atoms with E-state index < -0.39 is 15.9 Å². The minimum atomic E-state index is -3.96. The Morgan fingerprint density at radius 2 is 1.56 bits per heavy atom. The molecule has 3 aromatic carbocycles. The van der Waals surface area contributed by atoms with Gasteiger partial charge in [-0.25, -0.2) is 8.42 Å². The van der Waals surface area contributed by atoms with Crippen molar-refractivity contribution < 1.29 is 22.7 Å². The molecule has 0 saturated carbocycles. The number of carbonyl (C=O) groups is 1. The molecule has 1 N–H and O–H groups in total. The molecule has 0 fully saturated rings. The summed E-state index contributed by atoms with van der Waals surface area (Å²) in [7, 11) is -3.96. The lowest BCUT2D eigenvalue weighted by molar-refractivity contribution is -0.119. The van der Waals surface area contributed by atoms with Gasteiger partial charge in [-0.15, -0.1) is 0 Å². The average molecular weight is 483 g/mol. The smallest absolute Gasteiger partial charge is 0.264 e. The van der Waals surface area contributed by atoms with Crippen LogP contribution >= 0.6 is 0 Å². The molecule has 34 heavy (non-hydrogen) atoms. The summed E-state index contributed by atoms with van der Waals surface area (Å²) in [6.45, 7) is 6.55. The summed E-state index contributed by atoms with van der Waals surface area (Å²) in [5.41, 5.74) is 2.67. The van der Waals surface area contributed by atoms with Crippen molar-refractivity contribution in [2.45, 2.75) is 25.7 Å². The summed E-state index contributed by atoms with van der Waals surface area (Å²) in [6, 6.07) is 20.5. The van der Waals surface area contributed by atoms with E-state index in [4.69, 9.17) is 9.47 Å². The molecule has 8 heteroatoms. The van der Waals surface area contributed by atoms with Gasteiger partial charge in [0.05, 0.1) is 23.7 Å². The molecule has 0 aromatic heterocycles. The number of sulfonamides is 1. The van der Waals surface area contributed by atoms with Crippen LogP contribution in [0.1, 0.15) is 18.1 Å². The maximum absolute atomic E-state index is 13.3. The number of amides is 1. The molecule has 1 amide bonds. The van der Waals surface area contributed by atoms with E-state index in [9.17, 15) is 13.2 Å². The van der Waals surface area contributed by atoms with Gasteiger partial charge < -0.3 is 14.8 Å². The van der Waals surface area contributed by atoms with Crippen molar-refractivity contribution in [3.8, 4) is 11.5 Å². The lowest BCUT2D eigenvalue weighted by Gasteiger charge is -2.24. The summed E-state index contributed by atoms with van der Waals surface area (Å²) in [6.07, 6.45) is 0. The lowest BCUT2D eigenvalue weighted by Crippen LogP contribution is -2.41. The SMILES string of the molecule is CCOc1ccc(N(CC(=O)NCCOc2ccc(C)c(C)c2)S(=O)(=O)c2ccccc2)cc1. The molecule has 0 aliphatic carbocycles. The summed E-state index contributed by atoms with van der Waals surface area (Å²) < 4.78 is 38.9. The number of hydrogen-bond donors (Lipinski definition) is 1. The van der Waals surface area contributed by atoms with Crippen molar-refractivity contribution in [2.24, 2.45) is 0 Å². The Labute approximate surface area is 201 Å². The van der Waals surface area contributed by atoms with Gasteiger partial charge in [-0.05, 0) is 80.4 Å². The van der Waals surface area contributed by atoms with Crippen LogP contribution in [0.2, 0.25) is 0 Å². The van der Waals surface area contributed by atoms with Crippen LogP contribution < -0.4 is 19.1 Å². The summed E-state index contributed by atoms with van der Waals surface area (Å²) in [4.78, 5) is 12.8. The number of rotatable bonds is 11. The van der Waals surface area contributed by atoms with E-state index in [1.807, 2.05) is 39.0 Å². The van der Waals surface area contributed by atoms with E-state index in [0.29, 0.717) is 18.0 Å². The molecule has 0 aliphatic rings. The zero-order valence-electron chi connectivity index (χ0n) is 19.7. The number of hydrogen-bond acceptors (Lipinski definition) is 5. The molecule has 0 saturated heterocycles. The third kappa shape index (κ3) is 6.51. The van der Waals surface area contributed by atoms with Crippen LogP contribution in [0.4, 0.5) is 5.69 Å². The quantitative estimate of drug-likeness (QED) is 0.416. The van der Waals surface area contributed by atoms with Crippen molar-refractivity contribution in [2.75, 3.05) is 30.6 Å². The Balaban J connectivity index is 1.69. The third-order valence-corrected chi connectivity index (χ3v) is 7.01. The minimum absolute atomic E-state index is 0.106. The number of carbonyl (C=O) groups excluding carboxylic acids is 1. The van der Waals surface area contributed by atoms with Crippen molar-refractivity contribution >= 4 is 21.6 Å². The zero-order chi connectivity index (χ0) is 24.6. The molecule has 0 heterocycles. The van der Waals surface area contributed by atoms with E-state index in [1.54, 1.807) is 42.5 Å². The van der Waals surface area contributed by atoms with Crippen molar-refractivity contribution in [1.82, 2.24) is 5.32 Å². The first-order chi connectivity index (χ1) is 16.3. The first-order valence-corrected chi connectivity index (χ1v) is 12.5. The van der Waals surface area contributed by atoms with Crippen LogP contribution in [0.5, 0.6) is 11.5 Å². The first-order valence-electron chi connectivity index (χ1n) is 11.1. The Morgan fingerprint density at radius 3 is 2.21 bits per heavy atom. The fourth-order valence-corrected chi connectivity index (χ4v) is 4.70. The van der Waals surface area contributed by atoms with Crippen LogP contribution in [0.25, 0.3) is 0 Å². The van der Waals surface area contributed by atoms with E-state index >= 15 is 0 Å². The number of benzene rings is 3. The van der Waals surface area contributed by atoms with Gasteiger partial charge in [0.1, 0.15) is 24.7 Å². The average Bonchev–Trinajstić information content (AvgIpc) is 2.84. The number of ether oxygens (including phenoxy) is 2. The normalized spacial score (nSPS) is 11.0. The van der Waals surface area contributed by atoms with Crippen LogP contribution in [-0.2, 0) is 14.8 Å². The highest BCUT2D eigenvalue weighted by Crippen LogP contribution is 2.25. The molecule has 0 bridgehead atoms. The van der Waals surface area contributed by atoms with Crippen molar-refractivity contribution in [3.05, 3.63) is 83.9 Å². The fourth-order valence-electron chi connectivity index (χ4n) is 3.26. The third-order valence-electron chi connectivity index (χ3n) is 5.23. The maximum atomic E-state index is 13.3. The Bertz CT molecular complexity index is 1200. The van der Waals surface area contributed by atoms with Gasteiger partial charge in [-0.1, -0.05) is 24.3 Å². The molecule has 3 aromatic rings. The predicted octanol–water partition coefficient (Wildman–Crippen LogP) is 4.09. The van der Waals surface area contributed by atoms with Crippen molar-refractivity contribution in [3.63, 3.8) is 0 Å². The number of aryl methyl sites for hydroxylation is 2. The Morgan fingerprint density at radius 1 is 0.882 bits per heavy atom. The van der Waals surface area contributed by atoms with Crippen molar-refractivity contribution in [1.29, 1.82) is 0 Å². The second-order valence-corrected chi connectivity index (χ2v) is 9.56. The monoisotopic (exact) mass is 482 g/mol. The fraction of sp³-hybridized carbons (Fsp3) is 0.269. The molecule has 0 unspecified atom stereocenters. The second kappa shape index (κ2) is 11.6. The highest BCUT2D eigenvalue weighted by atomic mass is 32.2. The minimum Gasteiger partial charge on any atom is -0.494 e. The van der Waals surface area contributed by atoms with Gasteiger partial charge in [0.15, 0.2) is 0 Å². The largest absolute Gasteiger partial charge is 0.494 e. The molecular formula is C26H30N2O5S. The van der Waals surface area contributed by atoms with Gasteiger partial charge in [-0.2, -0.15) is 0 Å². The number of nitrogens with one attached hydrogen (secondary N) is 1. The topological polar surface area (TPSA) is 84.9 Å². The highest BCUT2D eigenvalue weighted by Gasteiger charge is 2.27. The molecule has 3 rings (SSSR count). The van der Waals surface area contributed by atoms with Gasteiger partial charge >= 0.3 is 0 Å². The van der Waals surface area contributed by atoms with Crippen LogP contribution in [-0.4, -0.2) is 40.6 Å². The molecule has 0 aliphatic heterocycles. The van der Waals surface area contributed by atoms with Gasteiger partial charge in [-0.3, -0.25) is 9.10 Å². The van der Waals surface area contributed by atoms with E-state index in [1.165, 1.54) is 17.7 Å². The standard InChI is InChI=1S/C26H30N2O5S/c1-4-32-23-14-11-22(12-15-23)28(34(30,31)25-8-6-5-7-9-25)19-26(29)27-16-17-33-24-13-10-20(2)21(3)18-24/h5-15,18H,4,16-17,19H2,1-3H3,(H,27,29). The molecule has 0 atom stereocenters. The maximum Gasteiger partial charge on any atom is 0.264 e. The second-order valence-electron chi connectivity index (χ2n) is 7.70. The summed E-state index contributed by atoms with van der Waals surface area (Å²) in [5.74, 6) is 0.911. The number of anilines is 1. The summed E-state index contributed by atoms with van der Waals surface area (Å²) in [5, 5.41) is 2.74.